The van der Waals surface area contributed by atoms with Gasteiger partial charge in [0.15, 0.2) is 11.5 Å². The molecule has 3 rings (SSSR count). The zero-order valence-electron chi connectivity index (χ0n) is 16.7. The number of nitrogens with zero attached hydrogens (tertiary/aromatic N) is 1. The van der Waals surface area contributed by atoms with Crippen molar-refractivity contribution in [1.82, 2.24) is 0 Å². The molecular weight excluding hydrogens is 417 g/mol. The molecule has 0 aliphatic carbocycles. The summed E-state index contributed by atoms with van der Waals surface area (Å²) in [4.78, 5) is 15.2. The smallest absolute Gasteiger partial charge is 0.416 e. The Labute approximate surface area is 177 Å². The van der Waals surface area contributed by atoms with Crippen LogP contribution in [0.2, 0.25) is 0 Å². The second-order valence-corrected chi connectivity index (χ2v) is 7.59. The van der Waals surface area contributed by atoms with Gasteiger partial charge >= 0.3 is 6.18 Å². The summed E-state index contributed by atoms with van der Waals surface area (Å²) < 4.78 is 50.5. The van der Waals surface area contributed by atoms with E-state index < -0.39 is 11.7 Å². The highest BCUT2D eigenvalue weighted by molar-refractivity contribution is 8.00. The maximum atomic E-state index is 13.2. The number of anilines is 2. The predicted molar refractivity (Wildman–Crippen MR) is 112 cm³/mol. The van der Waals surface area contributed by atoms with Gasteiger partial charge < -0.3 is 19.7 Å². The van der Waals surface area contributed by atoms with E-state index in [-0.39, 0.29) is 17.3 Å². The molecule has 5 nitrogen and oxygen atoms in total. The van der Waals surface area contributed by atoms with Gasteiger partial charge in [0.2, 0.25) is 5.91 Å². The number of ether oxygens (including phenoxy) is 2. The highest BCUT2D eigenvalue weighted by atomic mass is 32.2. The lowest BCUT2D eigenvalue weighted by atomic mass is 10.1. The molecular formula is C21H23F3N2O3S. The first kappa shape index (κ1) is 22.1. The van der Waals surface area contributed by atoms with Gasteiger partial charge in [0.1, 0.15) is 13.2 Å². The zero-order chi connectivity index (χ0) is 21.7. The number of hydrogen-bond donors (Lipinski definition) is 1. The fraction of sp³-hybridized carbons (Fsp3) is 0.381. The Bertz CT molecular complexity index is 902. The van der Waals surface area contributed by atoms with Crippen LogP contribution < -0.4 is 19.7 Å². The quantitative estimate of drug-likeness (QED) is 0.611. The van der Waals surface area contributed by atoms with Crippen molar-refractivity contribution in [3.8, 4) is 11.5 Å². The first-order valence-electron chi connectivity index (χ1n) is 9.60. The molecule has 0 atom stereocenters. The van der Waals surface area contributed by atoms with Gasteiger partial charge in [-0.3, -0.25) is 4.79 Å². The van der Waals surface area contributed by atoms with Crippen LogP contribution in [-0.4, -0.2) is 38.0 Å². The number of hydrogen-bond acceptors (Lipinski definition) is 5. The maximum Gasteiger partial charge on any atom is 0.416 e. The second-order valence-electron chi connectivity index (χ2n) is 6.54. The van der Waals surface area contributed by atoms with Gasteiger partial charge in [0, 0.05) is 18.0 Å². The van der Waals surface area contributed by atoms with Crippen LogP contribution in [0.1, 0.15) is 19.4 Å². The fourth-order valence-corrected chi connectivity index (χ4v) is 3.83. The minimum atomic E-state index is -4.48. The van der Waals surface area contributed by atoms with Crippen molar-refractivity contribution in [2.24, 2.45) is 0 Å². The molecule has 2 aromatic carbocycles. The predicted octanol–water partition coefficient (Wildman–Crippen LogP) is 5.05. The van der Waals surface area contributed by atoms with Crippen LogP contribution in [-0.2, 0) is 11.0 Å². The van der Waals surface area contributed by atoms with Crippen molar-refractivity contribution in [3.63, 3.8) is 0 Å². The van der Waals surface area contributed by atoms with E-state index in [9.17, 15) is 18.0 Å². The van der Waals surface area contributed by atoms with Gasteiger partial charge in [0.05, 0.1) is 22.7 Å². The zero-order valence-corrected chi connectivity index (χ0v) is 17.5. The number of halogens is 3. The molecule has 0 aromatic heterocycles. The lowest BCUT2D eigenvalue weighted by Gasteiger charge is -2.25. The topological polar surface area (TPSA) is 50.8 Å². The largest absolute Gasteiger partial charge is 0.486 e. The summed E-state index contributed by atoms with van der Waals surface area (Å²) in [5.41, 5.74) is -0.0832. The van der Waals surface area contributed by atoms with Crippen LogP contribution in [0.3, 0.4) is 0 Å². The Balaban J connectivity index is 1.73. The molecule has 1 aliphatic rings. The second kappa shape index (κ2) is 9.51. The molecule has 1 aliphatic heterocycles. The number of rotatable bonds is 7. The van der Waals surface area contributed by atoms with Gasteiger partial charge in [0.25, 0.3) is 0 Å². The van der Waals surface area contributed by atoms with Crippen molar-refractivity contribution in [3.05, 3.63) is 42.0 Å². The highest BCUT2D eigenvalue weighted by Gasteiger charge is 2.31. The molecule has 30 heavy (non-hydrogen) atoms. The van der Waals surface area contributed by atoms with E-state index in [1.165, 1.54) is 17.8 Å². The Hall–Kier alpha value is -2.55. The number of fused-ring (bicyclic) bond motifs is 1. The molecule has 1 amide bonds. The summed E-state index contributed by atoms with van der Waals surface area (Å²) in [6, 6.07) is 8.81. The number of carbonyl (C=O) groups is 1. The van der Waals surface area contributed by atoms with E-state index in [1.54, 1.807) is 12.1 Å². The van der Waals surface area contributed by atoms with Crippen molar-refractivity contribution in [1.29, 1.82) is 0 Å². The monoisotopic (exact) mass is 440 g/mol. The van der Waals surface area contributed by atoms with Crippen molar-refractivity contribution >= 4 is 29.0 Å². The van der Waals surface area contributed by atoms with Gasteiger partial charge in [-0.05, 0) is 50.2 Å². The lowest BCUT2D eigenvalue weighted by molar-refractivity contribution is -0.137. The lowest BCUT2D eigenvalue weighted by Crippen LogP contribution is -2.25. The summed E-state index contributed by atoms with van der Waals surface area (Å²) in [5, 5.41) is 2.65. The summed E-state index contributed by atoms with van der Waals surface area (Å²) >= 11 is 1.27. The third-order valence-electron chi connectivity index (χ3n) is 4.59. The molecule has 0 spiro atoms. The minimum Gasteiger partial charge on any atom is -0.486 e. The van der Waals surface area contributed by atoms with E-state index in [4.69, 9.17) is 9.47 Å². The summed E-state index contributed by atoms with van der Waals surface area (Å²) in [6.45, 7) is 5.99. The third-order valence-corrected chi connectivity index (χ3v) is 5.58. The van der Waals surface area contributed by atoms with E-state index in [0.29, 0.717) is 43.5 Å². The summed E-state index contributed by atoms with van der Waals surface area (Å²) in [5.74, 6) is 0.937. The van der Waals surface area contributed by atoms with Crippen molar-refractivity contribution in [2.45, 2.75) is 24.9 Å². The van der Waals surface area contributed by atoms with E-state index >= 15 is 0 Å². The number of alkyl halides is 3. The molecule has 1 N–H and O–H groups in total. The number of benzene rings is 2. The van der Waals surface area contributed by atoms with Crippen LogP contribution in [0.5, 0.6) is 11.5 Å². The fourth-order valence-electron chi connectivity index (χ4n) is 3.10. The van der Waals surface area contributed by atoms with Crippen LogP contribution in [0, 0.1) is 0 Å². The number of thioether (sulfide) groups is 1. The molecule has 0 saturated carbocycles. The molecule has 1 heterocycles. The molecule has 0 fully saturated rings. The number of carbonyl (C=O) groups excluding carboxylic acids is 1. The molecule has 162 valence electrons. The molecule has 9 heteroatoms. The number of amides is 1. The molecule has 0 radical (unpaired) electrons. The average Bonchev–Trinajstić information content (AvgIpc) is 2.73. The first-order valence-corrected chi connectivity index (χ1v) is 10.6. The van der Waals surface area contributed by atoms with E-state index in [1.807, 2.05) is 24.8 Å². The Morgan fingerprint density at radius 2 is 1.77 bits per heavy atom. The molecule has 0 bridgehead atoms. The van der Waals surface area contributed by atoms with Crippen molar-refractivity contribution in [2.75, 3.05) is 42.3 Å². The average molecular weight is 440 g/mol. The van der Waals surface area contributed by atoms with E-state index in [0.717, 1.165) is 17.0 Å². The van der Waals surface area contributed by atoms with E-state index in [2.05, 4.69) is 5.32 Å². The van der Waals surface area contributed by atoms with Gasteiger partial charge in [-0.25, -0.2) is 0 Å². The Morgan fingerprint density at radius 3 is 2.43 bits per heavy atom. The third kappa shape index (κ3) is 5.33. The van der Waals surface area contributed by atoms with Gasteiger partial charge in [-0.15, -0.1) is 11.8 Å². The first-order chi connectivity index (χ1) is 14.3. The molecule has 0 saturated heterocycles. The maximum absolute atomic E-state index is 13.2. The number of nitrogens with one attached hydrogen (secondary N) is 1. The van der Waals surface area contributed by atoms with Gasteiger partial charge in [-0.2, -0.15) is 13.2 Å². The van der Waals surface area contributed by atoms with Gasteiger partial charge in [-0.1, -0.05) is 0 Å². The summed E-state index contributed by atoms with van der Waals surface area (Å²) in [6.07, 6.45) is -4.48. The van der Waals surface area contributed by atoms with Crippen LogP contribution in [0.25, 0.3) is 0 Å². The Morgan fingerprint density at radius 1 is 1.07 bits per heavy atom. The molecule has 0 unspecified atom stereocenters. The molecule has 2 aromatic rings. The summed E-state index contributed by atoms with van der Waals surface area (Å²) in [7, 11) is 0. The van der Waals surface area contributed by atoms with Crippen LogP contribution >= 0.6 is 11.8 Å². The van der Waals surface area contributed by atoms with Crippen LogP contribution in [0.4, 0.5) is 24.5 Å². The normalized spacial score (nSPS) is 13.1. The van der Waals surface area contributed by atoms with Crippen molar-refractivity contribution < 1.29 is 27.4 Å². The SMILES string of the molecule is CCN(CC)c1ccc(C(F)(F)F)cc1NC(=O)CSc1ccc2c(c1)OCCO2. The standard InChI is InChI=1S/C21H23F3N2O3S/c1-3-26(4-2)17-7-5-14(21(22,23)24)11-16(17)25-20(27)13-30-15-6-8-18-19(12-15)29-10-9-28-18/h5-8,11-12H,3-4,9-10,13H2,1-2H3,(H,25,27). The Kier molecular flexibility index (Phi) is 7.02. The highest BCUT2D eigenvalue weighted by Crippen LogP contribution is 2.36. The van der Waals surface area contributed by atoms with Crippen LogP contribution in [0.15, 0.2) is 41.3 Å². The minimum absolute atomic E-state index is 0.0492.